The zero-order valence-electron chi connectivity index (χ0n) is 11.8. The second-order valence-electron chi connectivity index (χ2n) is 5.60. The predicted molar refractivity (Wildman–Crippen MR) is 84.6 cm³/mol. The molecule has 2 aromatic rings. The predicted octanol–water partition coefficient (Wildman–Crippen LogP) is 1.67. The highest BCUT2D eigenvalue weighted by atomic mass is 32.2. The molecule has 1 fully saturated rings. The zero-order chi connectivity index (χ0) is 15.2. The highest BCUT2D eigenvalue weighted by molar-refractivity contribution is 7.89. The summed E-state index contributed by atoms with van der Waals surface area (Å²) in [6, 6.07) is 10.7. The number of hydrogen-bond acceptors (Lipinski definition) is 5. The number of likely N-dealkylation sites (tertiary alicyclic amines) is 1. The minimum absolute atomic E-state index is 0.154. The highest BCUT2D eigenvalue weighted by Gasteiger charge is 2.40. The van der Waals surface area contributed by atoms with Crippen LogP contribution in [0.25, 0.3) is 0 Å². The van der Waals surface area contributed by atoms with Gasteiger partial charge in [0.2, 0.25) is 10.0 Å². The van der Waals surface area contributed by atoms with E-state index in [1.807, 2.05) is 6.07 Å². The van der Waals surface area contributed by atoms with Gasteiger partial charge in [-0.2, -0.15) is 0 Å². The molecule has 0 spiro atoms. The molecule has 0 amide bonds. The van der Waals surface area contributed by atoms with Gasteiger partial charge in [0, 0.05) is 24.5 Å². The number of benzene rings is 1. The average Bonchev–Trinajstić information content (AvgIpc) is 3.08. The Labute approximate surface area is 133 Å². The van der Waals surface area contributed by atoms with Crippen LogP contribution in [0.2, 0.25) is 0 Å². The second kappa shape index (κ2) is 5.34. The summed E-state index contributed by atoms with van der Waals surface area (Å²) < 4.78 is 33.7. The van der Waals surface area contributed by atoms with Crippen molar-refractivity contribution in [2.75, 3.05) is 13.1 Å². The standard InChI is InChI=1S/C15H16N2O3S2/c18-22(19)15-6-2-1-5-13(15)20-14-10-17(9-12(14)16-22)8-11-4-3-7-21-11/h1-7,12,14,16H,8-10H2. The lowest BCUT2D eigenvalue weighted by Crippen LogP contribution is -2.42. The van der Waals surface area contributed by atoms with Crippen LogP contribution in [0.1, 0.15) is 4.88 Å². The maximum atomic E-state index is 12.5. The third kappa shape index (κ3) is 2.54. The molecule has 7 heteroatoms. The lowest BCUT2D eigenvalue weighted by Gasteiger charge is -2.16. The molecule has 1 aromatic carbocycles. The van der Waals surface area contributed by atoms with Crippen molar-refractivity contribution in [3.8, 4) is 5.75 Å². The van der Waals surface area contributed by atoms with E-state index in [2.05, 4.69) is 21.1 Å². The van der Waals surface area contributed by atoms with E-state index in [0.29, 0.717) is 12.3 Å². The number of ether oxygens (including phenoxy) is 1. The lowest BCUT2D eigenvalue weighted by molar-refractivity contribution is 0.184. The summed E-state index contributed by atoms with van der Waals surface area (Å²) in [4.78, 5) is 3.74. The van der Waals surface area contributed by atoms with E-state index in [1.54, 1.807) is 35.6 Å². The van der Waals surface area contributed by atoms with E-state index in [9.17, 15) is 8.42 Å². The molecule has 1 aromatic heterocycles. The lowest BCUT2D eigenvalue weighted by atomic mass is 10.2. The smallest absolute Gasteiger partial charge is 0.244 e. The molecule has 1 N–H and O–H groups in total. The van der Waals surface area contributed by atoms with Gasteiger partial charge in [-0.15, -0.1) is 11.3 Å². The monoisotopic (exact) mass is 336 g/mol. The molecule has 5 nitrogen and oxygen atoms in total. The van der Waals surface area contributed by atoms with E-state index in [0.717, 1.165) is 13.1 Å². The van der Waals surface area contributed by atoms with Gasteiger partial charge in [0.15, 0.2) is 0 Å². The van der Waals surface area contributed by atoms with E-state index < -0.39 is 10.0 Å². The maximum absolute atomic E-state index is 12.5. The molecule has 116 valence electrons. The van der Waals surface area contributed by atoms with Crippen LogP contribution >= 0.6 is 11.3 Å². The van der Waals surface area contributed by atoms with Gasteiger partial charge >= 0.3 is 0 Å². The summed E-state index contributed by atoms with van der Waals surface area (Å²) >= 11 is 1.71. The first-order valence-corrected chi connectivity index (χ1v) is 9.51. The molecule has 22 heavy (non-hydrogen) atoms. The molecule has 1 saturated heterocycles. The van der Waals surface area contributed by atoms with E-state index in [-0.39, 0.29) is 17.0 Å². The normalized spacial score (nSPS) is 26.7. The van der Waals surface area contributed by atoms with Crippen LogP contribution in [0, 0.1) is 0 Å². The van der Waals surface area contributed by atoms with Crippen molar-refractivity contribution in [2.24, 2.45) is 0 Å². The molecule has 2 atom stereocenters. The summed E-state index contributed by atoms with van der Waals surface area (Å²) in [5.41, 5.74) is 0. The number of nitrogens with one attached hydrogen (secondary N) is 1. The highest BCUT2D eigenvalue weighted by Crippen LogP contribution is 2.31. The van der Waals surface area contributed by atoms with Crippen LogP contribution in [-0.4, -0.2) is 38.6 Å². The van der Waals surface area contributed by atoms with Gasteiger partial charge in [-0.1, -0.05) is 18.2 Å². The van der Waals surface area contributed by atoms with Gasteiger partial charge in [0.1, 0.15) is 16.7 Å². The van der Waals surface area contributed by atoms with E-state index in [1.165, 1.54) is 4.88 Å². The van der Waals surface area contributed by atoms with Crippen molar-refractivity contribution in [3.63, 3.8) is 0 Å². The summed E-state index contributed by atoms with van der Waals surface area (Å²) in [6.07, 6.45) is -0.154. The molecule has 0 radical (unpaired) electrons. The molecule has 2 unspecified atom stereocenters. The van der Waals surface area contributed by atoms with Gasteiger partial charge in [0.05, 0.1) is 6.04 Å². The Kier molecular flexibility index (Phi) is 3.45. The third-order valence-corrected chi connectivity index (χ3v) is 6.42. The number of sulfonamides is 1. The first-order valence-electron chi connectivity index (χ1n) is 7.14. The summed E-state index contributed by atoms with van der Waals surface area (Å²) in [5.74, 6) is 0.445. The van der Waals surface area contributed by atoms with Crippen LogP contribution in [0.3, 0.4) is 0 Å². The van der Waals surface area contributed by atoms with Crippen LogP contribution in [0.4, 0.5) is 0 Å². The SMILES string of the molecule is O=S1(=O)NC2CN(Cc3cccs3)CC2Oc2ccccc21. The van der Waals surface area contributed by atoms with Crippen molar-refractivity contribution in [3.05, 3.63) is 46.7 Å². The molecule has 4 rings (SSSR count). The van der Waals surface area contributed by atoms with Crippen LogP contribution in [-0.2, 0) is 16.6 Å². The Bertz CT molecular complexity index is 774. The molecule has 3 heterocycles. The van der Waals surface area contributed by atoms with Gasteiger partial charge in [-0.25, -0.2) is 13.1 Å². The minimum atomic E-state index is -3.52. The molecular weight excluding hydrogens is 320 g/mol. The third-order valence-electron chi connectivity index (χ3n) is 4.02. The number of rotatable bonds is 2. The average molecular weight is 336 g/mol. The maximum Gasteiger partial charge on any atom is 0.244 e. The number of nitrogens with zero attached hydrogens (tertiary/aromatic N) is 1. The first-order chi connectivity index (χ1) is 10.6. The van der Waals surface area contributed by atoms with Gasteiger partial charge < -0.3 is 4.74 Å². The van der Waals surface area contributed by atoms with Crippen LogP contribution in [0.5, 0.6) is 5.75 Å². The number of hydrogen-bond donors (Lipinski definition) is 1. The Morgan fingerprint density at radius 2 is 2.09 bits per heavy atom. The van der Waals surface area contributed by atoms with E-state index in [4.69, 9.17) is 4.74 Å². The largest absolute Gasteiger partial charge is 0.486 e. The quantitative estimate of drug-likeness (QED) is 0.906. The molecule has 0 bridgehead atoms. The van der Waals surface area contributed by atoms with Gasteiger partial charge in [-0.05, 0) is 23.6 Å². The van der Waals surface area contributed by atoms with Gasteiger partial charge in [-0.3, -0.25) is 4.90 Å². The Hall–Kier alpha value is -1.41. The molecular formula is C15H16N2O3S2. The van der Waals surface area contributed by atoms with Crippen LogP contribution in [0.15, 0.2) is 46.7 Å². The van der Waals surface area contributed by atoms with E-state index >= 15 is 0 Å². The Morgan fingerprint density at radius 3 is 2.91 bits per heavy atom. The van der Waals surface area contributed by atoms with Crippen molar-refractivity contribution in [2.45, 2.75) is 23.6 Å². The van der Waals surface area contributed by atoms with Gasteiger partial charge in [0.25, 0.3) is 0 Å². The molecule has 0 saturated carbocycles. The van der Waals surface area contributed by atoms with Crippen molar-refractivity contribution in [1.29, 1.82) is 0 Å². The summed E-state index contributed by atoms with van der Waals surface area (Å²) in [6.45, 7) is 2.21. The van der Waals surface area contributed by atoms with Crippen molar-refractivity contribution >= 4 is 21.4 Å². The minimum Gasteiger partial charge on any atom is -0.486 e. The fourth-order valence-electron chi connectivity index (χ4n) is 3.03. The topological polar surface area (TPSA) is 58.6 Å². The molecule has 0 aliphatic carbocycles. The Balaban J connectivity index is 1.59. The zero-order valence-corrected chi connectivity index (χ0v) is 13.4. The first kappa shape index (κ1) is 14.2. The fourth-order valence-corrected chi connectivity index (χ4v) is 5.17. The molecule has 2 aliphatic heterocycles. The van der Waals surface area contributed by atoms with Crippen molar-refractivity contribution < 1.29 is 13.2 Å². The Morgan fingerprint density at radius 1 is 1.23 bits per heavy atom. The fraction of sp³-hybridized carbons (Fsp3) is 0.333. The number of fused-ring (bicyclic) bond motifs is 2. The summed E-state index contributed by atoms with van der Waals surface area (Å²) in [5, 5.41) is 2.05. The number of thiophene rings is 1. The molecule has 2 aliphatic rings. The van der Waals surface area contributed by atoms with Crippen molar-refractivity contribution in [1.82, 2.24) is 9.62 Å². The summed E-state index contributed by atoms with van der Waals surface area (Å²) in [7, 11) is -3.52. The number of para-hydroxylation sites is 1. The van der Waals surface area contributed by atoms with Crippen LogP contribution < -0.4 is 9.46 Å². The second-order valence-corrected chi connectivity index (χ2v) is 8.32.